The van der Waals surface area contributed by atoms with E-state index in [2.05, 4.69) is 47.1 Å². The Kier molecular flexibility index (Phi) is 4.34. The Balaban J connectivity index is 1.81. The third-order valence-corrected chi connectivity index (χ3v) is 4.25. The molecule has 0 aliphatic carbocycles. The highest BCUT2D eigenvalue weighted by molar-refractivity contribution is 9.10. The summed E-state index contributed by atoms with van der Waals surface area (Å²) in [5.74, 6) is 1.78. The number of hydrogen-bond donors (Lipinski definition) is 0. The van der Waals surface area contributed by atoms with E-state index in [1.165, 1.54) is 16.3 Å². The Hall–Kier alpha value is -2.00. The van der Waals surface area contributed by atoms with Gasteiger partial charge in [-0.05, 0) is 59.2 Å². The maximum Gasteiger partial charge on any atom is 0.123 e. The number of benzene rings is 3. The second-order valence-corrected chi connectivity index (χ2v) is 6.11. The normalized spacial score (nSPS) is 10.7. The Morgan fingerprint density at radius 1 is 0.955 bits per heavy atom. The Labute approximate surface area is 138 Å². The summed E-state index contributed by atoms with van der Waals surface area (Å²) in [6.07, 6.45) is 0. The standard InChI is InChI=1S/C19H17BrO2/c1-13-18-9-6-16(20)11-15(18)5-10-19(13)22-12-14-3-7-17(21-2)8-4-14/h3-11H,12H2,1-2H3. The molecule has 3 rings (SSSR count). The third kappa shape index (κ3) is 3.09. The minimum absolute atomic E-state index is 0.548. The molecular formula is C19H17BrO2. The molecule has 3 aromatic rings. The molecule has 0 N–H and O–H groups in total. The van der Waals surface area contributed by atoms with E-state index >= 15 is 0 Å². The van der Waals surface area contributed by atoms with Gasteiger partial charge in [0.05, 0.1) is 7.11 Å². The van der Waals surface area contributed by atoms with Gasteiger partial charge in [-0.3, -0.25) is 0 Å². The topological polar surface area (TPSA) is 18.5 Å². The average molecular weight is 357 g/mol. The van der Waals surface area contributed by atoms with Crippen LogP contribution in [0.2, 0.25) is 0 Å². The van der Waals surface area contributed by atoms with Crippen molar-refractivity contribution in [3.63, 3.8) is 0 Å². The molecule has 0 amide bonds. The molecule has 3 heteroatoms. The highest BCUT2D eigenvalue weighted by Gasteiger charge is 2.05. The Morgan fingerprint density at radius 3 is 2.45 bits per heavy atom. The molecule has 0 heterocycles. The van der Waals surface area contributed by atoms with Crippen LogP contribution >= 0.6 is 15.9 Å². The number of fused-ring (bicyclic) bond motifs is 1. The molecule has 3 aromatic carbocycles. The van der Waals surface area contributed by atoms with Crippen LogP contribution in [0, 0.1) is 6.92 Å². The lowest BCUT2D eigenvalue weighted by Crippen LogP contribution is -1.97. The second-order valence-electron chi connectivity index (χ2n) is 5.19. The lowest BCUT2D eigenvalue weighted by molar-refractivity contribution is 0.304. The van der Waals surface area contributed by atoms with Gasteiger partial charge >= 0.3 is 0 Å². The molecule has 0 fully saturated rings. The van der Waals surface area contributed by atoms with Crippen LogP contribution in [0.25, 0.3) is 10.8 Å². The van der Waals surface area contributed by atoms with E-state index in [4.69, 9.17) is 9.47 Å². The molecule has 112 valence electrons. The van der Waals surface area contributed by atoms with Gasteiger partial charge < -0.3 is 9.47 Å². The molecule has 0 aromatic heterocycles. The zero-order chi connectivity index (χ0) is 15.5. The molecule has 2 nitrogen and oxygen atoms in total. The summed E-state index contributed by atoms with van der Waals surface area (Å²) in [6, 6.07) is 18.4. The molecule has 0 aliphatic heterocycles. The van der Waals surface area contributed by atoms with Crippen molar-refractivity contribution >= 4 is 26.7 Å². The van der Waals surface area contributed by atoms with Crippen molar-refractivity contribution in [3.05, 3.63) is 70.2 Å². The zero-order valence-electron chi connectivity index (χ0n) is 12.6. The first-order valence-electron chi connectivity index (χ1n) is 7.12. The summed E-state index contributed by atoms with van der Waals surface area (Å²) >= 11 is 3.51. The minimum atomic E-state index is 0.548. The first-order chi connectivity index (χ1) is 10.7. The van der Waals surface area contributed by atoms with Gasteiger partial charge in [0.1, 0.15) is 18.1 Å². The summed E-state index contributed by atoms with van der Waals surface area (Å²) in [6.45, 7) is 2.65. The quantitative estimate of drug-likeness (QED) is 0.614. The van der Waals surface area contributed by atoms with Gasteiger partial charge in [-0.15, -0.1) is 0 Å². The van der Waals surface area contributed by atoms with Gasteiger partial charge in [0.25, 0.3) is 0 Å². The van der Waals surface area contributed by atoms with Crippen molar-refractivity contribution in [1.82, 2.24) is 0 Å². The summed E-state index contributed by atoms with van der Waals surface area (Å²) in [5, 5.41) is 2.43. The van der Waals surface area contributed by atoms with Crippen molar-refractivity contribution in [2.45, 2.75) is 13.5 Å². The smallest absolute Gasteiger partial charge is 0.123 e. The van der Waals surface area contributed by atoms with Crippen molar-refractivity contribution in [1.29, 1.82) is 0 Å². The van der Waals surface area contributed by atoms with Crippen molar-refractivity contribution in [3.8, 4) is 11.5 Å². The van der Waals surface area contributed by atoms with Crippen LogP contribution in [-0.4, -0.2) is 7.11 Å². The number of halogens is 1. The maximum absolute atomic E-state index is 5.98. The number of hydrogen-bond acceptors (Lipinski definition) is 2. The maximum atomic E-state index is 5.98. The van der Waals surface area contributed by atoms with E-state index in [1.807, 2.05) is 30.3 Å². The van der Waals surface area contributed by atoms with Gasteiger partial charge in [-0.1, -0.05) is 40.2 Å². The first kappa shape index (κ1) is 14.9. The van der Waals surface area contributed by atoms with Crippen LogP contribution < -0.4 is 9.47 Å². The van der Waals surface area contributed by atoms with Gasteiger partial charge in [-0.2, -0.15) is 0 Å². The number of methoxy groups -OCH3 is 1. The lowest BCUT2D eigenvalue weighted by atomic mass is 10.0. The third-order valence-electron chi connectivity index (χ3n) is 3.75. The van der Waals surface area contributed by atoms with E-state index in [-0.39, 0.29) is 0 Å². The van der Waals surface area contributed by atoms with Crippen LogP contribution in [0.15, 0.2) is 59.1 Å². The number of aryl methyl sites for hydroxylation is 1. The van der Waals surface area contributed by atoms with Crippen molar-refractivity contribution in [2.75, 3.05) is 7.11 Å². The largest absolute Gasteiger partial charge is 0.497 e. The molecular weight excluding hydrogens is 340 g/mol. The molecule has 0 bridgehead atoms. The molecule has 22 heavy (non-hydrogen) atoms. The number of ether oxygens (including phenoxy) is 2. The molecule has 0 saturated heterocycles. The summed E-state index contributed by atoms with van der Waals surface area (Å²) < 4.78 is 12.2. The average Bonchev–Trinajstić information content (AvgIpc) is 2.54. The fourth-order valence-corrected chi connectivity index (χ4v) is 2.85. The SMILES string of the molecule is COc1ccc(COc2ccc3cc(Br)ccc3c2C)cc1. The fourth-order valence-electron chi connectivity index (χ4n) is 2.48. The van der Waals surface area contributed by atoms with E-state index in [1.54, 1.807) is 7.11 Å². The van der Waals surface area contributed by atoms with Crippen LogP contribution in [-0.2, 0) is 6.61 Å². The highest BCUT2D eigenvalue weighted by atomic mass is 79.9. The summed E-state index contributed by atoms with van der Waals surface area (Å²) in [5.41, 5.74) is 2.29. The van der Waals surface area contributed by atoms with Crippen molar-refractivity contribution in [2.24, 2.45) is 0 Å². The minimum Gasteiger partial charge on any atom is -0.497 e. The van der Waals surface area contributed by atoms with Crippen LogP contribution in [0.1, 0.15) is 11.1 Å². The molecule has 0 aliphatic rings. The Morgan fingerprint density at radius 2 is 1.73 bits per heavy atom. The summed E-state index contributed by atoms with van der Waals surface area (Å²) in [4.78, 5) is 0. The van der Waals surface area contributed by atoms with E-state index in [0.717, 1.165) is 21.5 Å². The Bertz CT molecular complexity index is 794. The van der Waals surface area contributed by atoms with Gasteiger partial charge in [0.15, 0.2) is 0 Å². The van der Waals surface area contributed by atoms with E-state index in [9.17, 15) is 0 Å². The monoisotopic (exact) mass is 356 g/mol. The predicted octanol–water partition coefficient (Wildman–Crippen LogP) is 5.50. The summed E-state index contributed by atoms with van der Waals surface area (Å²) in [7, 11) is 1.67. The highest BCUT2D eigenvalue weighted by Crippen LogP contribution is 2.29. The first-order valence-corrected chi connectivity index (χ1v) is 7.91. The van der Waals surface area contributed by atoms with Gasteiger partial charge in [0, 0.05) is 4.47 Å². The van der Waals surface area contributed by atoms with Gasteiger partial charge in [-0.25, -0.2) is 0 Å². The molecule has 0 radical (unpaired) electrons. The molecule has 0 spiro atoms. The zero-order valence-corrected chi connectivity index (χ0v) is 14.2. The fraction of sp³-hybridized carbons (Fsp3) is 0.158. The van der Waals surface area contributed by atoms with Crippen molar-refractivity contribution < 1.29 is 9.47 Å². The van der Waals surface area contributed by atoms with Crippen LogP contribution in [0.5, 0.6) is 11.5 Å². The second kappa shape index (κ2) is 6.41. The molecule has 0 atom stereocenters. The predicted molar refractivity (Wildman–Crippen MR) is 93.7 cm³/mol. The lowest BCUT2D eigenvalue weighted by Gasteiger charge is -2.12. The van der Waals surface area contributed by atoms with E-state index < -0.39 is 0 Å². The van der Waals surface area contributed by atoms with Crippen LogP contribution in [0.3, 0.4) is 0 Å². The number of rotatable bonds is 4. The molecule has 0 saturated carbocycles. The van der Waals surface area contributed by atoms with Crippen LogP contribution in [0.4, 0.5) is 0 Å². The van der Waals surface area contributed by atoms with Gasteiger partial charge in [0.2, 0.25) is 0 Å². The molecule has 0 unspecified atom stereocenters. The van der Waals surface area contributed by atoms with E-state index in [0.29, 0.717) is 6.61 Å².